The average molecular weight is 311 g/mol. The number of pyridine rings is 1. The molecule has 0 N–H and O–H groups in total. The Kier molecular flexibility index (Phi) is 5.21. The molecule has 0 radical (unpaired) electrons. The second-order valence-corrected chi connectivity index (χ2v) is 4.47. The van der Waals surface area contributed by atoms with Gasteiger partial charge in [0.2, 0.25) is 0 Å². The molecule has 0 spiro atoms. The van der Waals surface area contributed by atoms with Gasteiger partial charge in [0, 0.05) is 38.3 Å². The van der Waals surface area contributed by atoms with Gasteiger partial charge in [0.25, 0.3) is 0 Å². The number of halogens is 2. The molecule has 0 bridgehead atoms. The quantitative estimate of drug-likeness (QED) is 0.606. The molecule has 1 aromatic carbocycles. The van der Waals surface area contributed by atoms with Crippen LogP contribution < -0.4 is 4.74 Å². The first-order valence-corrected chi connectivity index (χ1v) is 6.56. The van der Waals surface area contributed by atoms with E-state index >= 15 is 0 Å². The largest absolute Gasteiger partial charge is 0.493 e. The molecule has 0 aliphatic rings. The summed E-state index contributed by atoms with van der Waals surface area (Å²) in [4.78, 5) is 15.5. The van der Waals surface area contributed by atoms with Crippen LogP contribution in [0.1, 0.15) is 16.9 Å². The second-order valence-electron chi connectivity index (χ2n) is 4.47. The molecule has 0 saturated heterocycles. The Labute approximate surface area is 125 Å². The van der Waals surface area contributed by atoms with Crippen molar-refractivity contribution in [2.75, 3.05) is 27.4 Å². The number of carbonyl (C=O) groups excluding carboxylic acids is 1. The molecule has 118 valence electrons. The van der Waals surface area contributed by atoms with Crippen LogP contribution in [0.15, 0.2) is 18.2 Å². The molecule has 0 aliphatic carbocycles. The van der Waals surface area contributed by atoms with Gasteiger partial charge in [-0.25, -0.2) is 18.6 Å². The number of hydrogen-bond donors (Lipinski definition) is 0. The van der Waals surface area contributed by atoms with Crippen molar-refractivity contribution in [2.45, 2.75) is 6.42 Å². The molecule has 1 aromatic heterocycles. The molecule has 0 atom stereocenters. The maximum atomic E-state index is 14.0. The van der Waals surface area contributed by atoms with Crippen LogP contribution in [0.5, 0.6) is 5.75 Å². The van der Waals surface area contributed by atoms with Gasteiger partial charge >= 0.3 is 5.97 Å². The van der Waals surface area contributed by atoms with Crippen molar-refractivity contribution in [3.05, 3.63) is 35.5 Å². The summed E-state index contributed by atoms with van der Waals surface area (Å²) in [6, 6.07) is 3.05. The van der Waals surface area contributed by atoms with Gasteiger partial charge in [-0.2, -0.15) is 0 Å². The van der Waals surface area contributed by atoms with Crippen molar-refractivity contribution in [3.63, 3.8) is 0 Å². The Bertz CT molecular complexity index is 691. The highest BCUT2D eigenvalue weighted by molar-refractivity contribution is 5.94. The normalized spacial score (nSPS) is 10.7. The first kappa shape index (κ1) is 16.1. The van der Waals surface area contributed by atoms with Crippen LogP contribution in [0.25, 0.3) is 10.9 Å². The van der Waals surface area contributed by atoms with Crippen molar-refractivity contribution < 1.29 is 27.8 Å². The molecule has 5 nitrogen and oxygen atoms in total. The SMILES string of the molecule is COCCCOc1cc(C(=O)OC)nc2cc(F)cc(F)c12. The van der Waals surface area contributed by atoms with Crippen molar-refractivity contribution in [3.8, 4) is 5.75 Å². The lowest BCUT2D eigenvalue weighted by molar-refractivity contribution is 0.0594. The highest BCUT2D eigenvalue weighted by Gasteiger charge is 2.17. The summed E-state index contributed by atoms with van der Waals surface area (Å²) in [6.07, 6.45) is 0.580. The summed E-state index contributed by atoms with van der Waals surface area (Å²) in [7, 11) is 2.75. The Morgan fingerprint density at radius 1 is 1.18 bits per heavy atom. The fraction of sp³-hybridized carbons (Fsp3) is 0.333. The molecule has 22 heavy (non-hydrogen) atoms. The first-order valence-electron chi connectivity index (χ1n) is 6.56. The number of nitrogens with zero attached hydrogens (tertiary/aromatic N) is 1. The van der Waals surface area contributed by atoms with Crippen LogP contribution in [-0.2, 0) is 9.47 Å². The number of ether oxygens (including phenoxy) is 3. The van der Waals surface area contributed by atoms with Crippen LogP contribution >= 0.6 is 0 Å². The van der Waals surface area contributed by atoms with Crippen LogP contribution in [0.3, 0.4) is 0 Å². The fourth-order valence-electron chi connectivity index (χ4n) is 1.96. The van der Waals surface area contributed by atoms with E-state index in [2.05, 4.69) is 9.72 Å². The van der Waals surface area contributed by atoms with E-state index in [0.29, 0.717) is 13.0 Å². The number of benzene rings is 1. The Morgan fingerprint density at radius 3 is 2.64 bits per heavy atom. The lowest BCUT2D eigenvalue weighted by Gasteiger charge is -2.11. The predicted octanol–water partition coefficient (Wildman–Crippen LogP) is 2.71. The van der Waals surface area contributed by atoms with Gasteiger partial charge in [-0.05, 0) is 0 Å². The third-order valence-electron chi connectivity index (χ3n) is 2.93. The predicted molar refractivity (Wildman–Crippen MR) is 75.0 cm³/mol. The molecule has 0 amide bonds. The fourth-order valence-corrected chi connectivity index (χ4v) is 1.96. The van der Waals surface area contributed by atoms with E-state index in [4.69, 9.17) is 9.47 Å². The van der Waals surface area contributed by atoms with Gasteiger partial charge in [-0.15, -0.1) is 0 Å². The standard InChI is InChI=1S/C15H15F2NO4/c1-20-4-3-5-22-13-8-12(15(19)21-2)18-11-7-9(16)6-10(17)14(11)13/h6-8H,3-5H2,1-2H3. The zero-order chi connectivity index (χ0) is 16.1. The van der Waals surface area contributed by atoms with Crippen LogP contribution in [0.4, 0.5) is 8.78 Å². The summed E-state index contributed by atoms with van der Waals surface area (Å²) < 4.78 is 42.3. The van der Waals surface area contributed by atoms with Gasteiger partial charge in [0.15, 0.2) is 5.69 Å². The molecule has 0 saturated carbocycles. The number of rotatable bonds is 6. The van der Waals surface area contributed by atoms with Crippen LogP contribution in [0, 0.1) is 11.6 Å². The zero-order valence-electron chi connectivity index (χ0n) is 12.2. The van der Waals surface area contributed by atoms with Crippen LogP contribution in [-0.4, -0.2) is 38.4 Å². The number of esters is 1. The highest BCUT2D eigenvalue weighted by Crippen LogP contribution is 2.29. The van der Waals surface area contributed by atoms with Gasteiger partial charge in [-0.3, -0.25) is 0 Å². The summed E-state index contributed by atoms with van der Waals surface area (Å²) in [5.74, 6) is -2.20. The molecular formula is C15H15F2NO4. The van der Waals surface area contributed by atoms with Gasteiger partial charge in [0.05, 0.1) is 24.6 Å². The second kappa shape index (κ2) is 7.13. The van der Waals surface area contributed by atoms with Crippen molar-refractivity contribution in [1.82, 2.24) is 4.98 Å². The highest BCUT2D eigenvalue weighted by atomic mass is 19.1. The molecule has 0 aliphatic heterocycles. The van der Waals surface area contributed by atoms with E-state index < -0.39 is 17.6 Å². The minimum Gasteiger partial charge on any atom is -0.493 e. The van der Waals surface area contributed by atoms with E-state index in [1.807, 2.05) is 0 Å². The van der Waals surface area contributed by atoms with Crippen molar-refractivity contribution in [2.24, 2.45) is 0 Å². The monoisotopic (exact) mass is 311 g/mol. The lowest BCUT2D eigenvalue weighted by atomic mass is 10.1. The topological polar surface area (TPSA) is 57.7 Å². The maximum absolute atomic E-state index is 14.0. The van der Waals surface area contributed by atoms with E-state index in [0.717, 1.165) is 12.1 Å². The molecule has 0 unspecified atom stereocenters. The van der Waals surface area contributed by atoms with E-state index in [-0.39, 0.29) is 29.0 Å². The molecule has 0 fully saturated rings. The summed E-state index contributed by atoms with van der Waals surface area (Å²) in [5, 5.41) is 0.0199. The lowest BCUT2D eigenvalue weighted by Crippen LogP contribution is -2.08. The summed E-state index contributed by atoms with van der Waals surface area (Å²) in [6.45, 7) is 0.731. The van der Waals surface area contributed by atoms with E-state index in [1.54, 1.807) is 7.11 Å². The van der Waals surface area contributed by atoms with E-state index in [9.17, 15) is 13.6 Å². The minimum atomic E-state index is -0.805. The maximum Gasteiger partial charge on any atom is 0.356 e. The Balaban J connectivity index is 2.47. The number of fused-ring (bicyclic) bond motifs is 1. The Morgan fingerprint density at radius 2 is 1.95 bits per heavy atom. The zero-order valence-corrected chi connectivity index (χ0v) is 12.2. The third kappa shape index (κ3) is 3.48. The van der Waals surface area contributed by atoms with Crippen molar-refractivity contribution >= 4 is 16.9 Å². The minimum absolute atomic E-state index is 0.0119. The third-order valence-corrected chi connectivity index (χ3v) is 2.93. The number of aromatic nitrogens is 1. The summed E-state index contributed by atoms with van der Waals surface area (Å²) >= 11 is 0. The van der Waals surface area contributed by atoms with Gasteiger partial charge in [-0.1, -0.05) is 0 Å². The first-order chi connectivity index (χ1) is 10.6. The molecule has 2 rings (SSSR count). The van der Waals surface area contributed by atoms with Gasteiger partial charge < -0.3 is 14.2 Å². The van der Waals surface area contributed by atoms with Crippen LogP contribution in [0.2, 0.25) is 0 Å². The summed E-state index contributed by atoms with van der Waals surface area (Å²) in [5.41, 5.74) is -0.0936. The molecule has 2 aromatic rings. The number of hydrogen-bond acceptors (Lipinski definition) is 5. The molecule has 7 heteroatoms. The number of carbonyl (C=O) groups is 1. The van der Waals surface area contributed by atoms with Gasteiger partial charge in [0.1, 0.15) is 17.4 Å². The molecular weight excluding hydrogens is 296 g/mol. The average Bonchev–Trinajstić information content (AvgIpc) is 2.49. The molecule has 1 heterocycles. The van der Waals surface area contributed by atoms with Crippen molar-refractivity contribution in [1.29, 1.82) is 0 Å². The van der Waals surface area contributed by atoms with E-state index in [1.165, 1.54) is 13.2 Å². The number of methoxy groups -OCH3 is 2. The smallest absolute Gasteiger partial charge is 0.356 e. The Hall–Kier alpha value is -2.28.